The van der Waals surface area contributed by atoms with Crippen LogP contribution in [-0.2, 0) is 9.53 Å². The van der Waals surface area contributed by atoms with Crippen LogP contribution < -0.4 is 5.73 Å². The molecule has 1 aliphatic rings. The SMILES string of the molecule is CC(=O)OCC1(C)C=CC(N)C1. The number of ether oxygens (including phenoxy) is 1. The molecule has 2 atom stereocenters. The van der Waals surface area contributed by atoms with Crippen LogP contribution in [0.1, 0.15) is 20.3 Å². The molecule has 0 amide bonds. The highest BCUT2D eigenvalue weighted by atomic mass is 16.5. The second-order valence-electron chi connectivity index (χ2n) is 3.66. The normalized spacial score (nSPS) is 33.8. The zero-order valence-electron chi connectivity index (χ0n) is 7.54. The molecule has 0 saturated heterocycles. The Balaban J connectivity index is 2.41. The van der Waals surface area contributed by atoms with Crippen LogP contribution in [0.5, 0.6) is 0 Å². The highest BCUT2D eigenvalue weighted by Crippen LogP contribution is 2.30. The van der Waals surface area contributed by atoms with Crippen molar-refractivity contribution in [2.24, 2.45) is 11.1 Å². The van der Waals surface area contributed by atoms with Crippen LogP contribution in [0.25, 0.3) is 0 Å². The molecule has 3 heteroatoms. The smallest absolute Gasteiger partial charge is 0.302 e. The summed E-state index contributed by atoms with van der Waals surface area (Å²) >= 11 is 0. The summed E-state index contributed by atoms with van der Waals surface area (Å²) in [6.45, 7) is 3.90. The van der Waals surface area contributed by atoms with Crippen molar-refractivity contribution in [3.8, 4) is 0 Å². The first kappa shape index (κ1) is 9.26. The summed E-state index contributed by atoms with van der Waals surface area (Å²) in [5.41, 5.74) is 5.64. The van der Waals surface area contributed by atoms with Crippen molar-refractivity contribution in [3.63, 3.8) is 0 Å². The molecular weight excluding hydrogens is 154 g/mol. The molecule has 0 bridgehead atoms. The number of carbonyl (C=O) groups is 1. The Kier molecular flexibility index (Phi) is 2.52. The molecule has 0 radical (unpaired) electrons. The molecule has 68 valence electrons. The molecule has 0 aromatic rings. The lowest BCUT2D eigenvalue weighted by atomic mass is 9.91. The van der Waals surface area contributed by atoms with Crippen molar-refractivity contribution in [2.45, 2.75) is 26.3 Å². The first-order valence-corrected chi connectivity index (χ1v) is 4.10. The summed E-state index contributed by atoms with van der Waals surface area (Å²) in [5, 5.41) is 0. The van der Waals surface area contributed by atoms with Crippen molar-refractivity contribution in [3.05, 3.63) is 12.2 Å². The van der Waals surface area contributed by atoms with Gasteiger partial charge in [-0.3, -0.25) is 4.79 Å². The molecule has 0 aromatic carbocycles. The van der Waals surface area contributed by atoms with Gasteiger partial charge in [0.2, 0.25) is 0 Å². The maximum atomic E-state index is 10.5. The fourth-order valence-electron chi connectivity index (χ4n) is 1.40. The molecule has 0 heterocycles. The van der Waals surface area contributed by atoms with Gasteiger partial charge in [-0.1, -0.05) is 19.1 Å². The molecule has 0 saturated carbocycles. The number of carbonyl (C=O) groups excluding carboxylic acids is 1. The minimum Gasteiger partial charge on any atom is -0.465 e. The minimum atomic E-state index is -0.231. The third kappa shape index (κ3) is 2.34. The molecule has 3 nitrogen and oxygen atoms in total. The van der Waals surface area contributed by atoms with Crippen molar-refractivity contribution in [1.82, 2.24) is 0 Å². The molecule has 0 aliphatic heterocycles. The lowest BCUT2D eigenvalue weighted by molar-refractivity contribution is -0.143. The van der Waals surface area contributed by atoms with E-state index in [-0.39, 0.29) is 17.4 Å². The molecule has 0 aromatic heterocycles. The zero-order valence-corrected chi connectivity index (χ0v) is 7.54. The van der Waals surface area contributed by atoms with Crippen molar-refractivity contribution in [2.75, 3.05) is 6.61 Å². The van der Waals surface area contributed by atoms with E-state index in [1.807, 2.05) is 19.1 Å². The fourth-order valence-corrected chi connectivity index (χ4v) is 1.40. The summed E-state index contributed by atoms with van der Waals surface area (Å²) in [5.74, 6) is -0.231. The number of nitrogens with two attached hydrogens (primary N) is 1. The van der Waals surface area contributed by atoms with Crippen LogP contribution in [0.3, 0.4) is 0 Å². The topological polar surface area (TPSA) is 52.3 Å². The van der Waals surface area contributed by atoms with Crippen molar-refractivity contribution < 1.29 is 9.53 Å². The third-order valence-corrected chi connectivity index (χ3v) is 2.05. The van der Waals surface area contributed by atoms with Gasteiger partial charge in [-0.15, -0.1) is 0 Å². The van der Waals surface area contributed by atoms with E-state index in [9.17, 15) is 4.79 Å². The monoisotopic (exact) mass is 169 g/mol. The van der Waals surface area contributed by atoms with Crippen LogP contribution in [0, 0.1) is 5.41 Å². The lowest BCUT2D eigenvalue weighted by Gasteiger charge is -2.21. The minimum absolute atomic E-state index is 0.0505. The van der Waals surface area contributed by atoms with Crippen LogP contribution in [0.4, 0.5) is 0 Å². The van der Waals surface area contributed by atoms with Gasteiger partial charge in [-0.2, -0.15) is 0 Å². The highest BCUT2D eigenvalue weighted by molar-refractivity contribution is 5.65. The van der Waals surface area contributed by atoms with E-state index in [1.54, 1.807) is 0 Å². The van der Waals surface area contributed by atoms with Gasteiger partial charge >= 0.3 is 5.97 Å². The maximum Gasteiger partial charge on any atom is 0.302 e. The van der Waals surface area contributed by atoms with Crippen LogP contribution in [0.15, 0.2) is 12.2 Å². The van der Waals surface area contributed by atoms with Gasteiger partial charge in [-0.25, -0.2) is 0 Å². The predicted octanol–water partition coefficient (Wildman–Crippen LogP) is 0.843. The molecular formula is C9H15NO2. The van der Waals surface area contributed by atoms with E-state index in [1.165, 1.54) is 6.92 Å². The van der Waals surface area contributed by atoms with Crippen LogP contribution >= 0.6 is 0 Å². The molecule has 1 aliphatic carbocycles. The number of hydrogen-bond donors (Lipinski definition) is 1. The zero-order chi connectivity index (χ0) is 9.19. The first-order chi connectivity index (χ1) is 5.52. The summed E-state index contributed by atoms with van der Waals surface area (Å²) < 4.78 is 4.93. The largest absolute Gasteiger partial charge is 0.465 e. The first-order valence-electron chi connectivity index (χ1n) is 4.10. The summed E-state index contributed by atoms with van der Waals surface area (Å²) in [4.78, 5) is 10.5. The van der Waals surface area contributed by atoms with Crippen molar-refractivity contribution in [1.29, 1.82) is 0 Å². The van der Waals surface area contributed by atoms with Crippen molar-refractivity contribution >= 4 is 5.97 Å². The molecule has 12 heavy (non-hydrogen) atoms. The van der Waals surface area contributed by atoms with Gasteiger partial charge in [0.05, 0.1) is 0 Å². The van der Waals surface area contributed by atoms with Crippen LogP contribution in [0.2, 0.25) is 0 Å². The number of hydrogen-bond acceptors (Lipinski definition) is 3. The van der Waals surface area contributed by atoms with Crippen LogP contribution in [-0.4, -0.2) is 18.6 Å². The summed E-state index contributed by atoms with van der Waals surface area (Å²) in [7, 11) is 0. The Morgan fingerprint density at radius 2 is 2.50 bits per heavy atom. The van der Waals surface area contributed by atoms with E-state index in [2.05, 4.69) is 0 Å². The summed E-state index contributed by atoms with van der Waals surface area (Å²) in [6.07, 6.45) is 4.85. The average Bonchev–Trinajstić information content (AvgIpc) is 2.29. The predicted molar refractivity (Wildman–Crippen MR) is 46.5 cm³/mol. The van der Waals surface area contributed by atoms with Gasteiger partial charge in [0, 0.05) is 18.4 Å². The van der Waals surface area contributed by atoms with E-state index in [0.717, 1.165) is 6.42 Å². The van der Waals surface area contributed by atoms with Gasteiger partial charge < -0.3 is 10.5 Å². The highest BCUT2D eigenvalue weighted by Gasteiger charge is 2.29. The van der Waals surface area contributed by atoms with E-state index < -0.39 is 0 Å². The molecule has 0 fully saturated rings. The van der Waals surface area contributed by atoms with Gasteiger partial charge in [0.1, 0.15) is 6.61 Å². The molecule has 1 rings (SSSR count). The Morgan fingerprint density at radius 3 is 2.92 bits per heavy atom. The second-order valence-corrected chi connectivity index (χ2v) is 3.66. The van der Waals surface area contributed by atoms with E-state index >= 15 is 0 Å². The third-order valence-electron chi connectivity index (χ3n) is 2.05. The quantitative estimate of drug-likeness (QED) is 0.492. The lowest BCUT2D eigenvalue weighted by Crippen LogP contribution is -2.25. The number of esters is 1. The second kappa shape index (κ2) is 3.27. The molecule has 2 N–H and O–H groups in total. The number of rotatable bonds is 2. The molecule has 2 unspecified atom stereocenters. The Labute approximate surface area is 72.6 Å². The van der Waals surface area contributed by atoms with Gasteiger partial charge in [0.25, 0.3) is 0 Å². The van der Waals surface area contributed by atoms with E-state index in [4.69, 9.17) is 10.5 Å². The Hall–Kier alpha value is -0.830. The van der Waals surface area contributed by atoms with E-state index in [0.29, 0.717) is 6.61 Å². The Morgan fingerprint density at radius 1 is 1.83 bits per heavy atom. The maximum absolute atomic E-state index is 10.5. The standard InChI is InChI=1S/C9H15NO2/c1-7(11)12-6-9(2)4-3-8(10)5-9/h3-4,8H,5-6,10H2,1-2H3. The Bertz CT molecular complexity index is 213. The van der Waals surface area contributed by atoms with Gasteiger partial charge in [-0.05, 0) is 6.42 Å². The summed E-state index contributed by atoms with van der Waals surface area (Å²) in [6, 6.07) is 0.116. The van der Waals surface area contributed by atoms with Gasteiger partial charge in [0.15, 0.2) is 0 Å². The fraction of sp³-hybridized carbons (Fsp3) is 0.667. The molecule has 0 spiro atoms. The average molecular weight is 169 g/mol.